The maximum absolute atomic E-state index is 13.1. The molecule has 31 heavy (non-hydrogen) atoms. The number of carbonyl (C=O) groups is 1. The molecule has 0 radical (unpaired) electrons. The van der Waals surface area contributed by atoms with Crippen molar-refractivity contribution in [1.82, 2.24) is 24.7 Å². The number of thiophene rings is 1. The molecular formula is C18H19F3N6O3S. The lowest BCUT2D eigenvalue weighted by molar-refractivity contribution is -0.147. The number of hydrogen-bond acceptors (Lipinski definition) is 8. The van der Waals surface area contributed by atoms with E-state index in [0.29, 0.717) is 10.6 Å². The number of nitrogens with zero attached hydrogens (tertiary/aromatic N) is 6. The molecule has 0 aliphatic carbocycles. The van der Waals surface area contributed by atoms with Crippen molar-refractivity contribution in [3.8, 4) is 6.01 Å². The molecule has 0 amide bonds. The summed E-state index contributed by atoms with van der Waals surface area (Å²) in [5.74, 6) is -1.29. The van der Waals surface area contributed by atoms with Crippen LogP contribution in [0.25, 0.3) is 10.2 Å². The topological polar surface area (TPSA) is 106 Å². The van der Waals surface area contributed by atoms with E-state index in [2.05, 4.69) is 27.1 Å². The first-order chi connectivity index (χ1) is 14.8. The van der Waals surface area contributed by atoms with Crippen LogP contribution in [0.15, 0.2) is 6.07 Å². The predicted molar refractivity (Wildman–Crippen MR) is 105 cm³/mol. The van der Waals surface area contributed by atoms with E-state index in [1.54, 1.807) is 0 Å². The molecule has 13 heteroatoms. The summed E-state index contributed by atoms with van der Waals surface area (Å²) < 4.78 is 45.9. The van der Waals surface area contributed by atoms with Crippen molar-refractivity contribution in [2.45, 2.75) is 45.5 Å². The van der Waals surface area contributed by atoms with Crippen LogP contribution in [-0.2, 0) is 30.5 Å². The number of fused-ring (bicyclic) bond motifs is 2. The molecule has 0 aromatic carbocycles. The maximum Gasteiger partial charge on any atom is 0.451 e. The fourth-order valence-corrected chi connectivity index (χ4v) is 4.51. The Morgan fingerprint density at radius 2 is 2.10 bits per heavy atom. The summed E-state index contributed by atoms with van der Waals surface area (Å²) in [5, 5.41) is 16.6. The average molecular weight is 456 g/mol. The van der Waals surface area contributed by atoms with Crippen LogP contribution >= 0.6 is 11.3 Å². The Bertz CT molecular complexity index is 1110. The highest BCUT2D eigenvalue weighted by atomic mass is 32.1. The van der Waals surface area contributed by atoms with E-state index in [0.717, 1.165) is 27.7 Å². The number of carboxylic acids is 1. The second-order valence-corrected chi connectivity index (χ2v) is 8.13. The van der Waals surface area contributed by atoms with E-state index in [1.165, 1.54) is 11.3 Å². The monoisotopic (exact) mass is 456 g/mol. The summed E-state index contributed by atoms with van der Waals surface area (Å²) in [5.41, 5.74) is 0. The first-order valence-electron chi connectivity index (χ1n) is 9.65. The minimum atomic E-state index is -4.57. The van der Waals surface area contributed by atoms with E-state index in [1.807, 2.05) is 11.0 Å². The Morgan fingerprint density at radius 3 is 2.81 bits per heavy atom. The predicted octanol–water partition coefficient (Wildman–Crippen LogP) is 3.13. The number of aromatic nitrogens is 5. The Labute approximate surface area is 178 Å². The van der Waals surface area contributed by atoms with Gasteiger partial charge in [0.05, 0.1) is 18.4 Å². The van der Waals surface area contributed by atoms with Gasteiger partial charge in [-0.2, -0.15) is 23.1 Å². The van der Waals surface area contributed by atoms with Crippen LogP contribution in [0.2, 0.25) is 0 Å². The lowest BCUT2D eigenvalue weighted by Gasteiger charge is -2.29. The van der Waals surface area contributed by atoms with Gasteiger partial charge in [0, 0.05) is 18.0 Å². The number of aliphatic carboxylic acids is 1. The summed E-state index contributed by atoms with van der Waals surface area (Å²) in [6.07, 6.45) is -2.96. The molecule has 0 unspecified atom stereocenters. The van der Waals surface area contributed by atoms with Gasteiger partial charge >= 0.3 is 18.2 Å². The van der Waals surface area contributed by atoms with Gasteiger partial charge in [0.2, 0.25) is 5.82 Å². The molecule has 4 rings (SSSR count). The van der Waals surface area contributed by atoms with Crippen molar-refractivity contribution in [2.24, 2.45) is 0 Å². The molecule has 0 spiro atoms. The second-order valence-electron chi connectivity index (χ2n) is 7.01. The molecule has 1 aliphatic heterocycles. The van der Waals surface area contributed by atoms with Crippen molar-refractivity contribution in [3.63, 3.8) is 0 Å². The highest BCUT2D eigenvalue weighted by molar-refractivity contribution is 7.18. The number of aryl methyl sites for hydroxylation is 1. The van der Waals surface area contributed by atoms with Crippen LogP contribution in [0.3, 0.4) is 0 Å². The lowest BCUT2D eigenvalue weighted by Crippen LogP contribution is -2.36. The Kier molecular flexibility index (Phi) is 5.69. The molecule has 166 valence electrons. The largest absolute Gasteiger partial charge is 0.481 e. The molecule has 0 fully saturated rings. The van der Waals surface area contributed by atoms with Gasteiger partial charge in [0.25, 0.3) is 0 Å². The normalized spacial score (nSPS) is 14.1. The first-order valence-corrected chi connectivity index (χ1v) is 10.5. The van der Waals surface area contributed by atoms with Gasteiger partial charge in [0.1, 0.15) is 17.3 Å². The highest BCUT2D eigenvalue weighted by Crippen LogP contribution is 2.35. The van der Waals surface area contributed by atoms with E-state index in [4.69, 9.17) is 9.84 Å². The Balaban J connectivity index is 1.68. The molecule has 1 aliphatic rings. The van der Waals surface area contributed by atoms with Gasteiger partial charge in [-0.3, -0.25) is 4.79 Å². The zero-order valence-corrected chi connectivity index (χ0v) is 17.3. The van der Waals surface area contributed by atoms with Crippen LogP contribution in [0, 0.1) is 0 Å². The molecule has 0 saturated carbocycles. The zero-order valence-electron chi connectivity index (χ0n) is 16.5. The number of hydrogen-bond donors (Lipinski definition) is 1. The summed E-state index contributed by atoms with van der Waals surface area (Å²) in [4.78, 5) is 23.2. The number of ether oxygens (including phenoxy) is 1. The van der Waals surface area contributed by atoms with Crippen LogP contribution in [0.5, 0.6) is 6.01 Å². The number of alkyl halides is 3. The molecule has 1 N–H and O–H groups in total. The van der Waals surface area contributed by atoms with Crippen molar-refractivity contribution in [1.29, 1.82) is 0 Å². The Morgan fingerprint density at radius 1 is 1.29 bits per heavy atom. The summed E-state index contributed by atoms with van der Waals surface area (Å²) in [6, 6.07) is 2.03. The van der Waals surface area contributed by atoms with E-state index >= 15 is 0 Å². The van der Waals surface area contributed by atoms with Crippen molar-refractivity contribution >= 4 is 33.3 Å². The third kappa shape index (κ3) is 4.40. The summed E-state index contributed by atoms with van der Waals surface area (Å²) in [7, 11) is 0. The van der Waals surface area contributed by atoms with E-state index in [9.17, 15) is 18.0 Å². The SMILES string of the molecule is CCCc1cc2c(N3CCn4c(nnc4C(F)(F)F)C3)nc(OCCC(=O)O)nc2s1. The van der Waals surface area contributed by atoms with Crippen LogP contribution in [0.1, 0.15) is 36.3 Å². The van der Waals surface area contributed by atoms with Gasteiger partial charge in [0.15, 0.2) is 5.82 Å². The molecule has 0 saturated heterocycles. The second kappa shape index (κ2) is 8.29. The highest BCUT2D eigenvalue weighted by Gasteiger charge is 2.39. The quantitative estimate of drug-likeness (QED) is 0.578. The van der Waals surface area contributed by atoms with Gasteiger partial charge in [-0.1, -0.05) is 13.3 Å². The number of carboxylic acid groups (broad SMARTS) is 1. The van der Waals surface area contributed by atoms with Crippen LogP contribution in [-0.4, -0.2) is 49.0 Å². The van der Waals surface area contributed by atoms with Gasteiger partial charge < -0.3 is 19.3 Å². The average Bonchev–Trinajstić information content (AvgIpc) is 3.30. The van der Waals surface area contributed by atoms with Gasteiger partial charge in [-0.25, -0.2) is 0 Å². The number of rotatable bonds is 7. The summed E-state index contributed by atoms with van der Waals surface area (Å²) >= 11 is 1.49. The molecule has 0 bridgehead atoms. The maximum atomic E-state index is 13.1. The van der Waals surface area contributed by atoms with Crippen LogP contribution in [0.4, 0.5) is 19.0 Å². The van der Waals surface area contributed by atoms with Crippen molar-refractivity contribution in [2.75, 3.05) is 18.1 Å². The van der Waals surface area contributed by atoms with E-state index in [-0.39, 0.29) is 44.5 Å². The minimum absolute atomic E-state index is 0.0386. The standard InChI is InChI=1S/C18H19F3N6O3S/c1-2-3-10-8-11-14(22-17(23-15(11)31-10)30-7-4-13(28)29)26-5-6-27-12(9-26)24-25-16(27)18(19,20)21/h8H,2-7,9H2,1H3,(H,28,29). The van der Waals surface area contributed by atoms with Crippen LogP contribution < -0.4 is 9.64 Å². The molecule has 3 aromatic heterocycles. The third-order valence-electron chi connectivity index (χ3n) is 4.75. The van der Waals surface area contributed by atoms with Crippen molar-refractivity contribution < 1.29 is 27.8 Å². The smallest absolute Gasteiger partial charge is 0.451 e. The third-order valence-corrected chi connectivity index (χ3v) is 5.84. The molecule has 9 nitrogen and oxygen atoms in total. The zero-order chi connectivity index (χ0) is 22.2. The van der Waals surface area contributed by atoms with Crippen molar-refractivity contribution in [3.05, 3.63) is 22.6 Å². The lowest BCUT2D eigenvalue weighted by atomic mass is 10.2. The molecule has 4 heterocycles. The fourth-order valence-electron chi connectivity index (χ4n) is 3.39. The number of anilines is 1. The Hall–Kier alpha value is -2.96. The minimum Gasteiger partial charge on any atom is -0.481 e. The van der Waals surface area contributed by atoms with Gasteiger partial charge in [-0.05, 0) is 12.5 Å². The molecule has 3 aromatic rings. The number of halogens is 3. The summed E-state index contributed by atoms with van der Waals surface area (Å²) in [6.45, 7) is 2.41. The van der Waals surface area contributed by atoms with E-state index < -0.39 is 18.0 Å². The van der Waals surface area contributed by atoms with Gasteiger partial charge in [-0.15, -0.1) is 21.5 Å². The fraction of sp³-hybridized carbons (Fsp3) is 0.500. The molecular weight excluding hydrogens is 437 g/mol. The molecule has 0 atom stereocenters. The first kappa shape index (κ1) is 21.3.